The number of hydrogen-bond donors (Lipinski definition) is 2. The molecule has 3 aromatic carbocycles. The van der Waals surface area contributed by atoms with E-state index in [2.05, 4.69) is 49.4 Å². The number of aliphatic hydroxyl groups excluding tert-OH is 1. The van der Waals surface area contributed by atoms with Crippen molar-refractivity contribution in [1.29, 1.82) is 0 Å². The van der Waals surface area contributed by atoms with E-state index in [9.17, 15) is 0 Å². The molecule has 102 valence electrons. The predicted octanol–water partition coefficient (Wildman–Crippen LogP) is 3.81. The smallest absolute Gasteiger partial charge is 0.0434 e. The van der Waals surface area contributed by atoms with Crippen LogP contribution in [-0.4, -0.2) is 11.7 Å². The fraction of sp³-hybridized carbons (Fsp3) is 0.222. The van der Waals surface area contributed by atoms with Crippen LogP contribution in [0.2, 0.25) is 0 Å². The van der Waals surface area contributed by atoms with Crippen molar-refractivity contribution in [2.75, 3.05) is 12.3 Å². The summed E-state index contributed by atoms with van der Waals surface area (Å²) in [4.78, 5) is 0. The van der Waals surface area contributed by atoms with E-state index in [1.807, 2.05) is 0 Å². The largest absolute Gasteiger partial charge is 0.398 e. The maximum atomic E-state index is 8.96. The first-order valence-electron chi connectivity index (χ1n) is 7.02. The number of aryl methyl sites for hydroxylation is 2. The van der Waals surface area contributed by atoms with E-state index in [0.29, 0.717) is 0 Å². The second-order valence-corrected chi connectivity index (χ2v) is 5.33. The van der Waals surface area contributed by atoms with Crippen molar-refractivity contribution in [3.63, 3.8) is 0 Å². The van der Waals surface area contributed by atoms with Crippen molar-refractivity contribution in [2.24, 2.45) is 0 Å². The average molecular weight is 265 g/mol. The molecule has 3 rings (SSSR count). The Morgan fingerprint density at radius 2 is 1.85 bits per heavy atom. The lowest BCUT2D eigenvalue weighted by Gasteiger charge is -2.11. The Kier molecular flexibility index (Phi) is 3.33. The Morgan fingerprint density at radius 1 is 1.00 bits per heavy atom. The van der Waals surface area contributed by atoms with E-state index in [1.165, 1.54) is 27.1 Å². The van der Waals surface area contributed by atoms with Crippen molar-refractivity contribution < 1.29 is 5.11 Å². The van der Waals surface area contributed by atoms with Gasteiger partial charge >= 0.3 is 0 Å². The van der Waals surface area contributed by atoms with E-state index in [1.54, 1.807) is 0 Å². The molecule has 2 nitrogen and oxygen atoms in total. The van der Waals surface area contributed by atoms with E-state index in [0.717, 1.165) is 24.1 Å². The maximum Gasteiger partial charge on any atom is 0.0434 e. The minimum Gasteiger partial charge on any atom is -0.398 e. The molecule has 0 radical (unpaired) electrons. The molecular weight excluding hydrogens is 246 g/mol. The van der Waals surface area contributed by atoms with Gasteiger partial charge in [0.2, 0.25) is 0 Å². The van der Waals surface area contributed by atoms with Crippen molar-refractivity contribution in [3.05, 3.63) is 53.6 Å². The van der Waals surface area contributed by atoms with E-state index >= 15 is 0 Å². The topological polar surface area (TPSA) is 46.2 Å². The van der Waals surface area contributed by atoms with Crippen LogP contribution in [0.1, 0.15) is 17.5 Å². The van der Waals surface area contributed by atoms with Crippen molar-refractivity contribution in [3.8, 4) is 0 Å². The Labute approximate surface area is 118 Å². The van der Waals surface area contributed by atoms with Crippen LogP contribution in [-0.2, 0) is 6.42 Å². The molecule has 0 aliphatic rings. The van der Waals surface area contributed by atoms with Gasteiger partial charge in [0.25, 0.3) is 0 Å². The van der Waals surface area contributed by atoms with Crippen LogP contribution < -0.4 is 5.73 Å². The Balaban J connectivity index is 2.25. The van der Waals surface area contributed by atoms with Gasteiger partial charge in [-0.1, -0.05) is 30.3 Å². The zero-order valence-electron chi connectivity index (χ0n) is 11.7. The number of nitrogens with two attached hydrogens (primary N) is 1. The van der Waals surface area contributed by atoms with Crippen LogP contribution in [0.3, 0.4) is 0 Å². The zero-order valence-corrected chi connectivity index (χ0v) is 11.7. The van der Waals surface area contributed by atoms with Crippen molar-refractivity contribution >= 4 is 27.2 Å². The summed E-state index contributed by atoms with van der Waals surface area (Å²) in [5, 5.41) is 13.9. The molecule has 0 fully saturated rings. The molecule has 0 saturated carbocycles. The van der Waals surface area contributed by atoms with Gasteiger partial charge in [0.05, 0.1) is 0 Å². The van der Waals surface area contributed by atoms with Gasteiger partial charge in [-0.2, -0.15) is 0 Å². The number of nitrogen functional groups attached to an aromatic ring is 1. The lowest BCUT2D eigenvalue weighted by molar-refractivity contribution is 0.288. The van der Waals surface area contributed by atoms with E-state index in [4.69, 9.17) is 10.8 Å². The highest BCUT2D eigenvalue weighted by Gasteiger charge is 2.06. The summed E-state index contributed by atoms with van der Waals surface area (Å²) in [6.07, 6.45) is 1.58. The fourth-order valence-corrected chi connectivity index (χ4v) is 2.85. The summed E-state index contributed by atoms with van der Waals surface area (Å²) >= 11 is 0. The van der Waals surface area contributed by atoms with Gasteiger partial charge in [-0.3, -0.25) is 0 Å². The first-order chi connectivity index (χ1) is 9.70. The van der Waals surface area contributed by atoms with Gasteiger partial charge < -0.3 is 10.8 Å². The summed E-state index contributed by atoms with van der Waals surface area (Å²) in [5.74, 6) is 0. The molecule has 2 heteroatoms. The van der Waals surface area contributed by atoms with Crippen LogP contribution in [0.4, 0.5) is 5.69 Å². The average Bonchev–Trinajstić information content (AvgIpc) is 2.45. The van der Waals surface area contributed by atoms with Gasteiger partial charge in [-0.05, 0) is 64.6 Å². The number of rotatable bonds is 3. The van der Waals surface area contributed by atoms with Crippen LogP contribution in [0, 0.1) is 6.92 Å². The molecule has 0 heterocycles. The highest BCUT2D eigenvalue weighted by atomic mass is 16.2. The molecule has 3 N–H and O–H groups in total. The monoisotopic (exact) mass is 265 g/mol. The number of anilines is 1. The van der Waals surface area contributed by atoms with Gasteiger partial charge in [-0.25, -0.2) is 0 Å². The molecule has 0 saturated heterocycles. The second kappa shape index (κ2) is 5.14. The lowest BCUT2D eigenvalue weighted by atomic mass is 9.96. The number of aliphatic hydroxyl groups is 1. The number of hydrogen-bond acceptors (Lipinski definition) is 2. The summed E-state index contributed by atoms with van der Waals surface area (Å²) in [7, 11) is 0. The third-order valence-corrected chi connectivity index (χ3v) is 3.96. The highest BCUT2D eigenvalue weighted by molar-refractivity contribution is 6.09. The van der Waals surface area contributed by atoms with Gasteiger partial charge in [0.1, 0.15) is 0 Å². The van der Waals surface area contributed by atoms with E-state index < -0.39 is 0 Å². The zero-order chi connectivity index (χ0) is 14.1. The minimum absolute atomic E-state index is 0.203. The molecule has 0 spiro atoms. The van der Waals surface area contributed by atoms with Gasteiger partial charge in [0.15, 0.2) is 0 Å². The third kappa shape index (κ3) is 2.12. The molecule has 0 bridgehead atoms. The predicted molar refractivity (Wildman–Crippen MR) is 86.0 cm³/mol. The first kappa shape index (κ1) is 12.9. The minimum atomic E-state index is 0.203. The quantitative estimate of drug-likeness (QED) is 0.559. The Bertz CT molecular complexity index is 777. The van der Waals surface area contributed by atoms with Crippen LogP contribution in [0.15, 0.2) is 42.5 Å². The normalized spacial score (nSPS) is 11.3. The second-order valence-electron chi connectivity index (χ2n) is 5.33. The summed E-state index contributed by atoms with van der Waals surface area (Å²) in [6.45, 7) is 2.33. The summed E-state index contributed by atoms with van der Waals surface area (Å²) in [5.41, 5.74) is 9.40. The molecule has 20 heavy (non-hydrogen) atoms. The van der Waals surface area contributed by atoms with Crippen LogP contribution in [0.5, 0.6) is 0 Å². The summed E-state index contributed by atoms with van der Waals surface area (Å²) < 4.78 is 0. The Morgan fingerprint density at radius 3 is 2.65 bits per heavy atom. The van der Waals surface area contributed by atoms with Gasteiger partial charge in [0, 0.05) is 12.3 Å². The van der Waals surface area contributed by atoms with Crippen LogP contribution >= 0.6 is 0 Å². The van der Waals surface area contributed by atoms with Crippen molar-refractivity contribution in [1.82, 2.24) is 0 Å². The number of fused-ring (bicyclic) bond motifs is 3. The van der Waals surface area contributed by atoms with Crippen molar-refractivity contribution in [2.45, 2.75) is 19.8 Å². The third-order valence-electron chi connectivity index (χ3n) is 3.96. The SMILES string of the molecule is Cc1cccc2c1ccc1cc(CCCO)c(N)cc12. The molecule has 0 atom stereocenters. The molecule has 0 aromatic heterocycles. The maximum absolute atomic E-state index is 8.96. The molecule has 0 aliphatic heterocycles. The lowest BCUT2D eigenvalue weighted by Crippen LogP contribution is -1.97. The van der Waals surface area contributed by atoms with Gasteiger partial charge in [-0.15, -0.1) is 0 Å². The molecular formula is C18H19NO. The first-order valence-corrected chi connectivity index (χ1v) is 7.02. The summed E-state index contributed by atoms with van der Waals surface area (Å²) in [6, 6.07) is 14.9. The molecule has 0 aliphatic carbocycles. The highest BCUT2D eigenvalue weighted by Crippen LogP contribution is 2.31. The molecule has 0 amide bonds. The van der Waals surface area contributed by atoms with Crippen LogP contribution in [0.25, 0.3) is 21.5 Å². The number of benzene rings is 3. The molecule has 0 unspecified atom stereocenters. The fourth-order valence-electron chi connectivity index (χ4n) is 2.85. The Hall–Kier alpha value is -2.06. The van der Waals surface area contributed by atoms with E-state index in [-0.39, 0.29) is 6.61 Å². The standard InChI is InChI=1S/C18H19NO/c1-12-4-2-6-16-15(12)8-7-13-10-14(5-3-9-20)18(19)11-17(13)16/h2,4,6-8,10-11,20H,3,5,9,19H2,1H3. The molecule has 3 aromatic rings.